The van der Waals surface area contributed by atoms with Gasteiger partial charge in [0, 0.05) is 38.4 Å². The van der Waals surface area contributed by atoms with Crippen molar-refractivity contribution in [3.63, 3.8) is 0 Å². The number of carbonyl (C=O) groups is 3. The summed E-state index contributed by atoms with van der Waals surface area (Å²) in [5, 5.41) is 12.3. The molecular formula is C19H24N2O5. The molecule has 2 amide bonds. The normalized spacial score (nSPS) is 22.3. The van der Waals surface area contributed by atoms with E-state index < -0.39 is 17.3 Å². The third kappa shape index (κ3) is 3.72. The lowest BCUT2D eigenvalue weighted by Gasteiger charge is -2.33. The largest absolute Gasteiger partial charge is 0.481 e. The van der Waals surface area contributed by atoms with Gasteiger partial charge in [-0.3, -0.25) is 14.4 Å². The first-order chi connectivity index (χ1) is 12.4. The molecule has 26 heavy (non-hydrogen) atoms. The summed E-state index contributed by atoms with van der Waals surface area (Å²) in [7, 11) is 0. The lowest BCUT2D eigenvalue weighted by atomic mass is 9.80. The van der Waals surface area contributed by atoms with Gasteiger partial charge < -0.3 is 20.1 Å². The quantitative estimate of drug-likeness (QED) is 0.826. The topological polar surface area (TPSA) is 95.9 Å². The highest BCUT2D eigenvalue weighted by Gasteiger charge is 2.42. The summed E-state index contributed by atoms with van der Waals surface area (Å²) in [6.45, 7) is 3.12. The van der Waals surface area contributed by atoms with Gasteiger partial charge in [-0.25, -0.2) is 0 Å². The first-order valence-corrected chi connectivity index (χ1v) is 8.87. The third-order valence-electron chi connectivity index (χ3n) is 5.35. The van der Waals surface area contributed by atoms with E-state index in [0.717, 1.165) is 11.3 Å². The van der Waals surface area contributed by atoms with Crippen LogP contribution in [0.2, 0.25) is 0 Å². The Morgan fingerprint density at radius 2 is 1.92 bits per heavy atom. The molecule has 2 heterocycles. The number of carboxylic acid groups (broad SMARTS) is 1. The van der Waals surface area contributed by atoms with E-state index in [9.17, 15) is 19.5 Å². The van der Waals surface area contributed by atoms with Gasteiger partial charge >= 0.3 is 5.97 Å². The maximum atomic E-state index is 12.5. The van der Waals surface area contributed by atoms with Crippen LogP contribution >= 0.6 is 0 Å². The zero-order valence-electron chi connectivity index (χ0n) is 14.9. The molecule has 1 atom stereocenters. The molecule has 0 bridgehead atoms. The van der Waals surface area contributed by atoms with Gasteiger partial charge in [0.2, 0.25) is 11.8 Å². The predicted molar refractivity (Wildman–Crippen MR) is 94.8 cm³/mol. The lowest BCUT2D eigenvalue weighted by molar-refractivity contribution is -0.154. The van der Waals surface area contributed by atoms with Crippen LogP contribution in [0, 0.1) is 18.3 Å². The van der Waals surface area contributed by atoms with Gasteiger partial charge in [-0.05, 0) is 31.9 Å². The van der Waals surface area contributed by atoms with E-state index in [1.165, 1.54) is 0 Å². The van der Waals surface area contributed by atoms with Crippen molar-refractivity contribution in [3.8, 4) is 0 Å². The second-order valence-corrected chi connectivity index (χ2v) is 7.16. The summed E-state index contributed by atoms with van der Waals surface area (Å²) in [6, 6.07) is 7.60. The molecule has 0 saturated carbocycles. The molecule has 1 unspecified atom stereocenters. The van der Waals surface area contributed by atoms with Gasteiger partial charge in [0.25, 0.3) is 0 Å². The lowest BCUT2D eigenvalue weighted by Crippen LogP contribution is -2.48. The SMILES string of the molecule is Cc1ccc(N2CC(C(=O)NCC3(C(=O)O)CCOCC3)CC2=O)cc1. The summed E-state index contributed by atoms with van der Waals surface area (Å²) in [5.74, 6) is -1.73. The number of hydrogen-bond acceptors (Lipinski definition) is 4. The van der Waals surface area contributed by atoms with E-state index >= 15 is 0 Å². The van der Waals surface area contributed by atoms with Gasteiger partial charge in [-0.15, -0.1) is 0 Å². The number of benzene rings is 1. The van der Waals surface area contributed by atoms with Crippen LogP contribution in [0.15, 0.2) is 24.3 Å². The summed E-state index contributed by atoms with van der Waals surface area (Å²) < 4.78 is 5.24. The number of carboxylic acids is 1. The van der Waals surface area contributed by atoms with Crippen molar-refractivity contribution in [2.75, 3.05) is 31.2 Å². The molecule has 2 aliphatic rings. The summed E-state index contributed by atoms with van der Waals surface area (Å²) in [6.07, 6.45) is 0.895. The Morgan fingerprint density at radius 1 is 1.27 bits per heavy atom. The Bertz CT molecular complexity index is 694. The molecule has 0 radical (unpaired) electrons. The third-order valence-corrected chi connectivity index (χ3v) is 5.35. The molecule has 3 rings (SSSR count). The highest BCUT2D eigenvalue weighted by Crippen LogP contribution is 2.31. The van der Waals surface area contributed by atoms with Crippen molar-refractivity contribution in [2.24, 2.45) is 11.3 Å². The predicted octanol–water partition coefficient (Wildman–Crippen LogP) is 1.35. The van der Waals surface area contributed by atoms with Crippen LogP contribution in [0.25, 0.3) is 0 Å². The molecule has 7 heteroatoms. The van der Waals surface area contributed by atoms with Crippen molar-refractivity contribution >= 4 is 23.5 Å². The van der Waals surface area contributed by atoms with Gasteiger partial charge in [0.15, 0.2) is 0 Å². The number of carbonyl (C=O) groups excluding carboxylic acids is 2. The smallest absolute Gasteiger partial charge is 0.311 e. The number of anilines is 1. The molecule has 1 aromatic rings. The highest BCUT2D eigenvalue weighted by molar-refractivity contribution is 6.00. The van der Waals surface area contributed by atoms with Crippen molar-refractivity contribution in [2.45, 2.75) is 26.2 Å². The minimum absolute atomic E-state index is 0.0692. The van der Waals surface area contributed by atoms with Crippen LogP contribution < -0.4 is 10.2 Å². The molecule has 1 aromatic carbocycles. The number of ether oxygens (including phenoxy) is 1. The Kier molecular flexibility index (Phi) is 5.27. The number of amides is 2. The van der Waals surface area contributed by atoms with E-state index in [0.29, 0.717) is 32.6 Å². The molecule has 2 fully saturated rings. The number of nitrogens with one attached hydrogen (secondary N) is 1. The van der Waals surface area contributed by atoms with Crippen LogP contribution in [-0.4, -0.2) is 49.2 Å². The second kappa shape index (κ2) is 7.45. The van der Waals surface area contributed by atoms with Crippen molar-refractivity contribution in [1.29, 1.82) is 0 Å². The Morgan fingerprint density at radius 3 is 2.54 bits per heavy atom. The number of rotatable bonds is 5. The molecular weight excluding hydrogens is 336 g/mol. The van der Waals surface area contributed by atoms with E-state index in [4.69, 9.17) is 4.74 Å². The highest BCUT2D eigenvalue weighted by atomic mass is 16.5. The Balaban J connectivity index is 1.61. The van der Waals surface area contributed by atoms with Crippen LogP contribution in [0.5, 0.6) is 0 Å². The number of nitrogens with zero attached hydrogens (tertiary/aromatic N) is 1. The molecule has 0 aromatic heterocycles. The average molecular weight is 360 g/mol. The zero-order chi connectivity index (χ0) is 18.7. The summed E-state index contributed by atoms with van der Waals surface area (Å²) >= 11 is 0. The van der Waals surface area contributed by atoms with Gasteiger partial charge in [0.05, 0.1) is 11.3 Å². The van der Waals surface area contributed by atoms with E-state index in [-0.39, 0.29) is 24.8 Å². The maximum Gasteiger partial charge on any atom is 0.311 e. The molecule has 7 nitrogen and oxygen atoms in total. The molecule has 0 aliphatic carbocycles. The van der Waals surface area contributed by atoms with E-state index in [1.807, 2.05) is 31.2 Å². The van der Waals surface area contributed by atoms with Crippen LogP contribution in [0.4, 0.5) is 5.69 Å². The zero-order valence-corrected chi connectivity index (χ0v) is 14.9. The van der Waals surface area contributed by atoms with Crippen LogP contribution in [0.1, 0.15) is 24.8 Å². The summed E-state index contributed by atoms with van der Waals surface area (Å²) in [4.78, 5) is 38.1. The Labute approximate surface area is 152 Å². The monoisotopic (exact) mass is 360 g/mol. The van der Waals surface area contributed by atoms with Crippen LogP contribution in [0.3, 0.4) is 0 Å². The molecule has 2 aliphatic heterocycles. The number of hydrogen-bond donors (Lipinski definition) is 2. The van der Waals surface area contributed by atoms with E-state index in [1.54, 1.807) is 4.90 Å². The fraction of sp³-hybridized carbons (Fsp3) is 0.526. The van der Waals surface area contributed by atoms with Gasteiger partial charge in [-0.2, -0.15) is 0 Å². The van der Waals surface area contributed by atoms with Crippen molar-refractivity contribution in [1.82, 2.24) is 5.32 Å². The first kappa shape index (κ1) is 18.4. The molecule has 2 N–H and O–H groups in total. The summed E-state index contributed by atoms with van der Waals surface area (Å²) in [5.41, 5.74) is 0.903. The molecule has 0 spiro atoms. The number of aliphatic carboxylic acids is 1. The fourth-order valence-corrected chi connectivity index (χ4v) is 3.49. The second-order valence-electron chi connectivity index (χ2n) is 7.16. The molecule has 140 valence electrons. The Hall–Kier alpha value is -2.41. The van der Waals surface area contributed by atoms with Crippen molar-refractivity contribution < 1.29 is 24.2 Å². The fourth-order valence-electron chi connectivity index (χ4n) is 3.49. The van der Waals surface area contributed by atoms with E-state index in [2.05, 4.69) is 5.32 Å². The minimum atomic E-state index is -0.979. The first-order valence-electron chi connectivity index (χ1n) is 8.87. The maximum absolute atomic E-state index is 12.5. The van der Waals surface area contributed by atoms with Gasteiger partial charge in [0.1, 0.15) is 0 Å². The average Bonchev–Trinajstić information content (AvgIpc) is 3.03. The molecule has 2 saturated heterocycles. The standard InChI is InChI=1S/C19H24N2O5/c1-13-2-4-15(5-3-13)21-11-14(10-16(21)22)17(23)20-12-19(18(24)25)6-8-26-9-7-19/h2-5,14H,6-12H2,1H3,(H,20,23)(H,24,25). The number of aryl methyl sites for hydroxylation is 1. The minimum Gasteiger partial charge on any atom is -0.481 e. The van der Waals surface area contributed by atoms with Crippen LogP contribution in [-0.2, 0) is 19.1 Å². The van der Waals surface area contributed by atoms with Crippen molar-refractivity contribution in [3.05, 3.63) is 29.8 Å². The van der Waals surface area contributed by atoms with Gasteiger partial charge in [-0.1, -0.05) is 17.7 Å².